The average molecular weight is 445 g/mol. The lowest BCUT2D eigenvalue weighted by atomic mass is 9.93. The molecule has 1 saturated heterocycles. The Hall–Kier alpha value is -2.22. The van der Waals surface area contributed by atoms with Crippen LogP contribution in [0.25, 0.3) is 11.0 Å². The number of benzene rings is 2. The van der Waals surface area contributed by atoms with Crippen molar-refractivity contribution in [3.63, 3.8) is 0 Å². The van der Waals surface area contributed by atoms with E-state index in [-0.39, 0.29) is 5.91 Å². The van der Waals surface area contributed by atoms with E-state index in [0.29, 0.717) is 28.8 Å². The minimum atomic E-state index is -0.00539. The quantitative estimate of drug-likeness (QED) is 0.556. The zero-order valence-electron chi connectivity index (χ0n) is 16.9. The highest BCUT2D eigenvalue weighted by Gasteiger charge is 2.21. The predicted molar refractivity (Wildman–Crippen MR) is 121 cm³/mol. The van der Waals surface area contributed by atoms with E-state index >= 15 is 0 Å². The molecular weight excluding hydrogens is 420 g/mol. The molecule has 6 nitrogen and oxygen atoms in total. The largest absolute Gasteiger partial charge is 0.495 e. The Kier molecular flexibility index (Phi) is 6.82. The van der Waals surface area contributed by atoms with Crippen LogP contribution in [-0.2, 0) is 11.3 Å². The predicted octanol–water partition coefficient (Wildman–Crippen LogP) is 4.98. The number of nitrogens with zero attached hydrogens (tertiary/aromatic N) is 3. The smallest absolute Gasteiger partial charge is 0.224 e. The molecule has 30 heavy (non-hydrogen) atoms. The van der Waals surface area contributed by atoms with Gasteiger partial charge < -0.3 is 10.1 Å². The van der Waals surface area contributed by atoms with E-state index in [1.807, 2.05) is 6.07 Å². The molecule has 1 fully saturated rings. The maximum absolute atomic E-state index is 12.5. The molecule has 2 heterocycles. The second kappa shape index (κ2) is 9.73. The van der Waals surface area contributed by atoms with E-state index < -0.39 is 0 Å². The first-order chi connectivity index (χ1) is 14.6. The summed E-state index contributed by atoms with van der Waals surface area (Å²) >= 11 is 7.30. The van der Waals surface area contributed by atoms with E-state index in [1.54, 1.807) is 25.3 Å². The summed E-state index contributed by atoms with van der Waals surface area (Å²) < 4.78 is 13.9. The van der Waals surface area contributed by atoms with Gasteiger partial charge in [0.15, 0.2) is 0 Å². The molecule has 0 radical (unpaired) electrons. The molecule has 1 aliphatic heterocycles. The number of fused-ring (bicyclic) bond motifs is 1. The minimum absolute atomic E-state index is 0.00539. The fourth-order valence-corrected chi connectivity index (χ4v) is 4.73. The van der Waals surface area contributed by atoms with Crippen LogP contribution in [0.5, 0.6) is 5.75 Å². The molecule has 158 valence electrons. The van der Waals surface area contributed by atoms with E-state index in [9.17, 15) is 4.79 Å². The maximum Gasteiger partial charge on any atom is 0.224 e. The van der Waals surface area contributed by atoms with E-state index in [2.05, 4.69) is 31.1 Å². The number of amides is 1. The number of methoxy groups -OCH3 is 1. The fourth-order valence-electron chi connectivity index (χ4n) is 4.04. The third-order valence-corrected chi connectivity index (χ3v) is 6.33. The highest BCUT2D eigenvalue weighted by atomic mass is 35.5. The number of halogens is 1. The molecule has 3 aromatic rings. The molecule has 0 spiro atoms. The van der Waals surface area contributed by atoms with Crippen LogP contribution in [0.3, 0.4) is 0 Å². The maximum atomic E-state index is 12.5. The van der Waals surface area contributed by atoms with Crippen molar-refractivity contribution >= 4 is 46.0 Å². The first-order valence-corrected chi connectivity index (χ1v) is 11.3. The molecule has 2 aromatic carbocycles. The molecule has 0 saturated carbocycles. The molecule has 1 amide bonds. The molecule has 1 atom stereocenters. The lowest BCUT2D eigenvalue weighted by Gasteiger charge is -2.32. The number of hydrogen-bond donors (Lipinski definition) is 1. The van der Waals surface area contributed by atoms with Gasteiger partial charge in [0.05, 0.1) is 24.5 Å². The van der Waals surface area contributed by atoms with Crippen LogP contribution < -0.4 is 10.1 Å². The van der Waals surface area contributed by atoms with Gasteiger partial charge in [-0.15, -0.1) is 0 Å². The molecule has 1 aromatic heterocycles. The van der Waals surface area contributed by atoms with Crippen molar-refractivity contribution in [2.24, 2.45) is 5.92 Å². The van der Waals surface area contributed by atoms with Gasteiger partial charge in [0, 0.05) is 24.5 Å². The van der Waals surface area contributed by atoms with Gasteiger partial charge in [-0.1, -0.05) is 17.7 Å². The van der Waals surface area contributed by atoms with E-state index in [4.69, 9.17) is 16.3 Å². The standard InChI is InChI=1S/C22H25ClN4O2S/c1-29-21-8-6-17(23)12-20(21)24-22(28)9-5-15-3-2-10-27(13-15)14-16-4-7-18-19(11-16)26-30-25-18/h4,6-8,11-12,15H,2-3,5,9-10,13-14H2,1H3,(H,24,28). The average Bonchev–Trinajstić information content (AvgIpc) is 3.21. The molecule has 1 N–H and O–H groups in total. The number of likely N-dealkylation sites (tertiary alicyclic amines) is 1. The van der Waals surface area contributed by atoms with Crippen LogP contribution in [0.1, 0.15) is 31.2 Å². The number of nitrogens with one attached hydrogen (secondary N) is 1. The Balaban J connectivity index is 1.28. The number of ether oxygens (including phenoxy) is 1. The van der Waals surface area contributed by atoms with Gasteiger partial charge in [-0.25, -0.2) is 0 Å². The van der Waals surface area contributed by atoms with Crippen LogP contribution >= 0.6 is 23.3 Å². The van der Waals surface area contributed by atoms with Gasteiger partial charge in [0.1, 0.15) is 16.8 Å². The number of hydrogen-bond acceptors (Lipinski definition) is 6. The van der Waals surface area contributed by atoms with Crippen LogP contribution in [0.2, 0.25) is 5.02 Å². The summed E-state index contributed by atoms with van der Waals surface area (Å²) in [6.07, 6.45) is 3.69. The molecule has 8 heteroatoms. The third kappa shape index (κ3) is 5.28. The van der Waals surface area contributed by atoms with Crippen molar-refractivity contribution in [3.05, 3.63) is 47.0 Å². The molecule has 0 aliphatic carbocycles. The topological polar surface area (TPSA) is 67.3 Å². The van der Waals surface area contributed by atoms with Crippen LogP contribution in [0.4, 0.5) is 5.69 Å². The Bertz CT molecular complexity index is 1030. The summed E-state index contributed by atoms with van der Waals surface area (Å²) in [7, 11) is 1.58. The lowest BCUT2D eigenvalue weighted by Crippen LogP contribution is -2.35. The lowest BCUT2D eigenvalue weighted by molar-refractivity contribution is -0.116. The number of carbonyl (C=O) groups excluding carboxylic acids is 1. The van der Waals surface area contributed by atoms with Crippen LogP contribution in [-0.4, -0.2) is 39.8 Å². The summed E-state index contributed by atoms with van der Waals surface area (Å²) in [5, 5.41) is 3.50. The first-order valence-electron chi connectivity index (χ1n) is 10.2. The number of carbonyl (C=O) groups is 1. The summed E-state index contributed by atoms with van der Waals surface area (Å²) in [4.78, 5) is 15.0. The minimum Gasteiger partial charge on any atom is -0.495 e. The monoisotopic (exact) mass is 444 g/mol. The SMILES string of the molecule is COc1ccc(Cl)cc1NC(=O)CCC1CCCN(Cc2ccc3nsnc3c2)C1. The van der Waals surface area contributed by atoms with Crippen molar-refractivity contribution in [2.45, 2.75) is 32.2 Å². The fraction of sp³-hybridized carbons (Fsp3) is 0.409. The third-order valence-electron chi connectivity index (χ3n) is 5.54. The number of rotatable bonds is 7. The first kappa shape index (κ1) is 21.0. The number of aromatic nitrogens is 2. The Morgan fingerprint density at radius 2 is 2.13 bits per heavy atom. The van der Waals surface area contributed by atoms with Crippen LogP contribution in [0.15, 0.2) is 36.4 Å². The highest BCUT2D eigenvalue weighted by Crippen LogP contribution is 2.28. The summed E-state index contributed by atoms with van der Waals surface area (Å²) in [6.45, 7) is 3.02. The number of anilines is 1. The molecule has 4 rings (SSSR count). The Morgan fingerprint density at radius 3 is 3.00 bits per heavy atom. The van der Waals surface area contributed by atoms with Gasteiger partial charge in [-0.2, -0.15) is 8.75 Å². The van der Waals surface area contributed by atoms with Gasteiger partial charge >= 0.3 is 0 Å². The zero-order valence-corrected chi connectivity index (χ0v) is 18.5. The van der Waals surface area contributed by atoms with Gasteiger partial charge in [-0.3, -0.25) is 9.69 Å². The van der Waals surface area contributed by atoms with Gasteiger partial charge in [0.25, 0.3) is 0 Å². The molecular formula is C22H25ClN4O2S. The summed E-state index contributed by atoms with van der Waals surface area (Å²) in [5.74, 6) is 1.13. The van der Waals surface area contributed by atoms with Crippen molar-refractivity contribution < 1.29 is 9.53 Å². The summed E-state index contributed by atoms with van der Waals surface area (Å²) in [6, 6.07) is 11.5. The van der Waals surface area contributed by atoms with E-state index in [0.717, 1.165) is 43.5 Å². The molecule has 1 unspecified atom stereocenters. The van der Waals surface area contributed by atoms with Gasteiger partial charge in [-0.05, 0) is 67.6 Å². The van der Waals surface area contributed by atoms with Crippen LogP contribution in [0, 0.1) is 5.92 Å². The van der Waals surface area contributed by atoms with Crippen molar-refractivity contribution in [2.75, 3.05) is 25.5 Å². The summed E-state index contributed by atoms with van der Waals surface area (Å²) in [5.41, 5.74) is 3.82. The van der Waals surface area contributed by atoms with E-state index in [1.165, 1.54) is 23.7 Å². The zero-order chi connectivity index (χ0) is 20.9. The number of piperidine rings is 1. The Labute approximate surface area is 185 Å². The normalized spacial score (nSPS) is 17.2. The second-order valence-corrected chi connectivity index (χ2v) is 8.73. The molecule has 1 aliphatic rings. The van der Waals surface area contributed by atoms with Crippen molar-refractivity contribution in [1.29, 1.82) is 0 Å². The second-order valence-electron chi connectivity index (χ2n) is 7.76. The van der Waals surface area contributed by atoms with Crippen molar-refractivity contribution in [1.82, 2.24) is 13.6 Å². The Morgan fingerprint density at radius 1 is 1.27 bits per heavy atom. The highest BCUT2D eigenvalue weighted by molar-refractivity contribution is 7.00. The van der Waals surface area contributed by atoms with Gasteiger partial charge in [0.2, 0.25) is 5.91 Å². The van der Waals surface area contributed by atoms with Crippen molar-refractivity contribution in [3.8, 4) is 5.75 Å². The molecule has 0 bridgehead atoms.